The van der Waals surface area contributed by atoms with Crippen molar-refractivity contribution in [2.24, 2.45) is 0 Å². The van der Waals surface area contributed by atoms with Gasteiger partial charge in [0.15, 0.2) is 5.78 Å². The highest BCUT2D eigenvalue weighted by Crippen LogP contribution is 2.23. The molecule has 1 aromatic rings. The summed E-state index contributed by atoms with van der Waals surface area (Å²) in [5.41, 5.74) is 0.538. The first-order chi connectivity index (χ1) is 6.65. The number of ketones is 1. The Bertz CT molecular complexity index is 358. The molecule has 14 heavy (non-hydrogen) atoms. The molecule has 0 aliphatic rings. The van der Waals surface area contributed by atoms with Gasteiger partial charge in [0.1, 0.15) is 12.4 Å². The molecule has 0 bridgehead atoms. The Labute approximate surface area is 88.1 Å². The highest BCUT2D eigenvalue weighted by molar-refractivity contribution is 6.30. The summed E-state index contributed by atoms with van der Waals surface area (Å²) >= 11 is 5.78. The molecule has 0 amide bonds. The number of rotatable bonds is 4. The van der Waals surface area contributed by atoms with Crippen molar-refractivity contribution in [1.29, 1.82) is 0 Å². The summed E-state index contributed by atoms with van der Waals surface area (Å²) in [6.07, 6.45) is 1.62. The third-order valence-electron chi connectivity index (χ3n) is 1.68. The average Bonchev–Trinajstić information content (AvgIpc) is 2.14. The van der Waals surface area contributed by atoms with Crippen LogP contribution >= 0.6 is 11.6 Å². The van der Waals surface area contributed by atoms with Crippen LogP contribution in [0.4, 0.5) is 0 Å². The second-order valence-electron chi connectivity index (χ2n) is 2.80. The number of Topliss-reactive ketones (excluding diaryl/α,β-unsaturated/α-hetero) is 1. The molecule has 2 nitrogen and oxygen atoms in total. The van der Waals surface area contributed by atoms with Gasteiger partial charge in [-0.3, -0.25) is 4.79 Å². The van der Waals surface area contributed by atoms with Crippen molar-refractivity contribution in [1.82, 2.24) is 0 Å². The Balaban J connectivity index is 3.02. The minimum Gasteiger partial charge on any atom is -0.489 e. The van der Waals surface area contributed by atoms with Gasteiger partial charge in [-0.25, -0.2) is 0 Å². The molecule has 0 radical (unpaired) electrons. The van der Waals surface area contributed by atoms with Crippen LogP contribution in [0.5, 0.6) is 5.75 Å². The van der Waals surface area contributed by atoms with E-state index in [0.29, 0.717) is 22.9 Å². The summed E-state index contributed by atoms with van der Waals surface area (Å²) in [4.78, 5) is 11.2. The largest absolute Gasteiger partial charge is 0.489 e. The minimum absolute atomic E-state index is 0.0410. The summed E-state index contributed by atoms with van der Waals surface area (Å²) in [5.74, 6) is 0.464. The molecule has 0 aromatic heterocycles. The number of carbonyl (C=O) groups excluding carboxylic acids is 1. The summed E-state index contributed by atoms with van der Waals surface area (Å²) in [6.45, 7) is 5.38. The fraction of sp³-hybridized carbons (Fsp3) is 0.182. The van der Waals surface area contributed by atoms with E-state index in [9.17, 15) is 4.79 Å². The van der Waals surface area contributed by atoms with Crippen LogP contribution in [-0.4, -0.2) is 12.4 Å². The molecule has 0 fully saturated rings. The van der Waals surface area contributed by atoms with Gasteiger partial charge >= 0.3 is 0 Å². The fourth-order valence-corrected chi connectivity index (χ4v) is 1.22. The van der Waals surface area contributed by atoms with E-state index in [4.69, 9.17) is 16.3 Å². The maximum absolute atomic E-state index is 11.2. The van der Waals surface area contributed by atoms with Crippen molar-refractivity contribution >= 4 is 17.4 Å². The first-order valence-corrected chi connectivity index (χ1v) is 4.57. The predicted molar refractivity (Wildman–Crippen MR) is 57.1 cm³/mol. The molecule has 0 N–H and O–H groups in total. The number of hydrogen-bond donors (Lipinski definition) is 0. The normalized spacial score (nSPS) is 9.57. The molecule has 0 aliphatic carbocycles. The van der Waals surface area contributed by atoms with Crippen LogP contribution in [0.3, 0.4) is 0 Å². The third-order valence-corrected chi connectivity index (χ3v) is 1.91. The number of benzene rings is 1. The van der Waals surface area contributed by atoms with Crippen molar-refractivity contribution < 1.29 is 9.53 Å². The van der Waals surface area contributed by atoms with Gasteiger partial charge in [0, 0.05) is 5.02 Å². The summed E-state index contributed by atoms with van der Waals surface area (Å²) < 4.78 is 5.31. The molecule has 0 spiro atoms. The van der Waals surface area contributed by atoms with Crippen molar-refractivity contribution in [3.05, 3.63) is 41.4 Å². The van der Waals surface area contributed by atoms with Crippen LogP contribution < -0.4 is 4.74 Å². The Morgan fingerprint density at radius 3 is 2.93 bits per heavy atom. The fourth-order valence-electron chi connectivity index (χ4n) is 1.06. The lowest BCUT2D eigenvalue weighted by Gasteiger charge is -2.07. The molecule has 0 atom stereocenters. The summed E-state index contributed by atoms with van der Waals surface area (Å²) in [6, 6.07) is 4.95. The summed E-state index contributed by atoms with van der Waals surface area (Å²) in [7, 11) is 0. The smallest absolute Gasteiger partial charge is 0.163 e. The zero-order valence-corrected chi connectivity index (χ0v) is 8.67. The van der Waals surface area contributed by atoms with E-state index in [1.807, 2.05) is 0 Å². The Hall–Kier alpha value is -1.28. The molecular weight excluding hydrogens is 200 g/mol. The minimum atomic E-state index is -0.0410. The molecule has 0 aliphatic heterocycles. The number of ether oxygens (including phenoxy) is 1. The second-order valence-corrected chi connectivity index (χ2v) is 3.23. The van der Waals surface area contributed by atoms with Gasteiger partial charge < -0.3 is 4.74 Å². The zero-order chi connectivity index (χ0) is 10.6. The van der Waals surface area contributed by atoms with E-state index in [2.05, 4.69) is 6.58 Å². The van der Waals surface area contributed by atoms with E-state index >= 15 is 0 Å². The van der Waals surface area contributed by atoms with Crippen LogP contribution in [0.15, 0.2) is 30.9 Å². The highest BCUT2D eigenvalue weighted by Gasteiger charge is 2.08. The first-order valence-electron chi connectivity index (χ1n) is 4.19. The molecule has 1 rings (SSSR count). The van der Waals surface area contributed by atoms with Crippen molar-refractivity contribution in [2.45, 2.75) is 6.92 Å². The van der Waals surface area contributed by atoms with E-state index in [1.165, 1.54) is 6.92 Å². The monoisotopic (exact) mass is 210 g/mol. The van der Waals surface area contributed by atoms with Crippen LogP contribution in [0.2, 0.25) is 5.02 Å². The van der Waals surface area contributed by atoms with Gasteiger partial charge in [0.05, 0.1) is 5.56 Å². The number of carbonyl (C=O) groups is 1. The van der Waals surface area contributed by atoms with Crippen molar-refractivity contribution in [3.63, 3.8) is 0 Å². The van der Waals surface area contributed by atoms with Crippen molar-refractivity contribution in [3.8, 4) is 5.75 Å². The number of halogens is 1. The Morgan fingerprint density at radius 1 is 1.64 bits per heavy atom. The molecule has 74 valence electrons. The highest BCUT2D eigenvalue weighted by atomic mass is 35.5. The SMILES string of the molecule is C=CCOc1cc(Cl)ccc1C(C)=O. The maximum Gasteiger partial charge on any atom is 0.163 e. The molecule has 1 aromatic carbocycles. The van der Waals surface area contributed by atoms with Gasteiger partial charge in [-0.15, -0.1) is 0 Å². The van der Waals surface area contributed by atoms with Gasteiger partial charge in [-0.05, 0) is 25.1 Å². The lowest BCUT2D eigenvalue weighted by Crippen LogP contribution is -2.00. The standard InChI is InChI=1S/C11H11ClO2/c1-3-6-14-11-7-9(12)4-5-10(11)8(2)13/h3-5,7H,1,6H2,2H3. The summed E-state index contributed by atoms with van der Waals surface area (Å²) in [5, 5.41) is 0.550. The van der Waals surface area contributed by atoms with Crippen LogP contribution in [-0.2, 0) is 0 Å². The molecule has 0 heterocycles. The lowest BCUT2D eigenvalue weighted by atomic mass is 10.1. The topological polar surface area (TPSA) is 26.3 Å². The van der Waals surface area contributed by atoms with Crippen LogP contribution in [0.1, 0.15) is 17.3 Å². The van der Waals surface area contributed by atoms with E-state index in [0.717, 1.165) is 0 Å². The van der Waals surface area contributed by atoms with E-state index < -0.39 is 0 Å². The van der Waals surface area contributed by atoms with Gasteiger partial charge in [0.25, 0.3) is 0 Å². The average molecular weight is 211 g/mol. The third kappa shape index (κ3) is 2.60. The molecular formula is C11H11ClO2. The van der Waals surface area contributed by atoms with E-state index in [1.54, 1.807) is 24.3 Å². The number of hydrogen-bond acceptors (Lipinski definition) is 2. The van der Waals surface area contributed by atoms with Crippen LogP contribution in [0.25, 0.3) is 0 Å². The molecule has 3 heteroatoms. The Morgan fingerprint density at radius 2 is 2.36 bits per heavy atom. The molecule has 0 saturated carbocycles. The molecule has 0 unspecified atom stereocenters. The first kappa shape index (κ1) is 10.8. The van der Waals surface area contributed by atoms with Gasteiger partial charge in [-0.2, -0.15) is 0 Å². The predicted octanol–water partition coefficient (Wildman–Crippen LogP) is 3.11. The lowest BCUT2D eigenvalue weighted by molar-refractivity contribution is 0.101. The molecule has 0 saturated heterocycles. The van der Waals surface area contributed by atoms with Gasteiger partial charge in [0.2, 0.25) is 0 Å². The van der Waals surface area contributed by atoms with Gasteiger partial charge in [-0.1, -0.05) is 24.3 Å². The van der Waals surface area contributed by atoms with Crippen LogP contribution in [0, 0.1) is 0 Å². The van der Waals surface area contributed by atoms with E-state index in [-0.39, 0.29) is 5.78 Å². The second kappa shape index (κ2) is 4.82. The Kier molecular flexibility index (Phi) is 3.72. The zero-order valence-electron chi connectivity index (χ0n) is 7.92. The van der Waals surface area contributed by atoms with Crippen molar-refractivity contribution in [2.75, 3.05) is 6.61 Å². The quantitative estimate of drug-likeness (QED) is 0.564. The maximum atomic E-state index is 11.2.